The van der Waals surface area contributed by atoms with Gasteiger partial charge in [0.1, 0.15) is 24.8 Å². The summed E-state index contributed by atoms with van der Waals surface area (Å²) in [4.78, 5) is 12.4. The minimum absolute atomic E-state index is 0.0869. The molecule has 1 aliphatic heterocycles. The van der Waals surface area contributed by atoms with Gasteiger partial charge in [-0.2, -0.15) is 0 Å². The molecule has 1 N–H and O–H groups in total. The van der Waals surface area contributed by atoms with Crippen LogP contribution in [0.3, 0.4) is 0 Å². The van der Waals surface area contributed by atoms with Crippen LogP contribution in [-0.2, 0) is 4.74 Å². The van der Waals surface area contributed by atoms with Crippen molar-refractivity contribution in [2.75, 3.05) is 32.1 Å². The molecule has 0 bridgehead atoms. The van der Waals surface area contributed by atoms with Gasteiger partial charge in [-0.05, 0) is 23.8 Å². The number of hydrogen-bond acceptors (Lipinski definition) is 6. The molecule has 7 nitrogen and oxygen atoms in total. The molecule has 138 valence electrons. The molecule has 3 rings (SSSR count). The summed E-state index contributed by atoms with van der Waals surface area (Å²) in [5.41, 5.74) is 1.80. The fraction of sp³-hybridized carbons (Fsp3) is 0.333. The number of halogens is 1. The molecule has 0 radical (unpaired) electrons. The van der Waals surface area contributed by atoms with E-state index in [9.17, 15) is 14.5 Å². The van der Waals surface area contributed by atoms with E-state index in [2.05, 4.69) is 5.32 Å². The lowest BCUT2D eigenvalue weighted by atomic mass is 10.2. The van der Waals surface area contributed by atoms with E-state index in [1.165, 1.54) is 0 Å². The van der Waals surface area contributed by atoms with E-state index in [-0.39, 0.29) is 30.4 Å². The summed E-state index contributed by atoms with van der Waals surface area (Å²) in [7, 11) is 3.94. The maximum absolute atomic E-state index is 13.3. The van der Waals surface area contributed by atoms with Gasteiger partial charge in [-0.3, -0.25) is 15.4 Å². The molecule has 1 aliphatic rings. The van der Waals surface area contributed by atoms with Crippen molar-refractivity contribution in [3.63, 3.8) is 0 Å². The summed E-state index contributed by atoms with van der Waals surface area (Å²) in [6.07, 6.45) is -0.571. The molecule has 8 heteroatoms. The van der Waals surface area contributed by atoms with Gasteiger partial charge >= 0.3 is 5.69 Å². The summed E-state index contributed by atoms with van der Waals surface area (Å²) in [5.74, 6) is -0.688. The highest BCUT2D eigenvalue weighted by Gasteiger charge is 2.27. The number of hydrogen-bond donors (Lipinski definition) is 1. The second kappa shape index (κ2) is 7.67. The molecule has 0 unspecified atom stereocenters. The minimum Gasteiger partial charge on any atom is -0.484 e. The van der Waals surface area contributed by atoms with Crippen LogP contribution >= 0.6 is 0 Å². The average Bonchev–Trinajstić information content (AvgIpc) is 3.09. The van der Waals surface area contributed by atoms with Crippen molar-refractivity contribution in [3.8, 4) is 5.75 Å². The highest BCUT2D eigenvalue weighted by Crippen LogP contribution is 2.29. The smallest absolute Gasteiger partial charge is 0.311 e. The van der Waals surface area contributed by atoms with Crippen LogP contribution in [-0.4, -0.2) is 38.3 Å². The number of nitrogens with zero attached hydrogens (tertiary/aromatic N) is 2. The van der Waals surface area contributed by atoms with Crippen molar-refractivity contribution in [1.82, 2.24) is 5.32 Å². The number of rotatable bonds is 6. The molecular weight excluding hydrogens is 341 g/mol. The van der Waals surface area contributed by atoms with E-state index >= 15 is 0 Å². The Labute approximate surface area is 150 Å². The second-order valence-electron chi connectivity index (χ2n) is 6.21. The average molecular weight is 361 g/mol. The van der Waals surface area contributed by atoms with Gasteiger partial charge in [0.2, 0.25) is 0 Å². The van der Waals surface area contributed by atoms with Gasteiger partial charge in [-0.15, -0.1) is 0 Å². The molecule has 0 aliphatic carbocycles. The van der Waals surface area contributed by atoms with Crippen LogP contribution in [0.4, 0.5) is 15.8 Å². The van der Waals surface area contributed by atoms with Crippen LogP contribution in [0.2, 0.25) is 0 Å². The summed E-state index contributed by atoms with van der Waals surface area (Å²) < 4.78 is 24.7. The van der Waals surface area contributed by atoms with Crippen LogP contribution in [0.15, 0.2) is 42.5 Å². The Bertz CT molecular complexity index is 783. The third-order valence-corrected chi connectivity index (χ3v) is 4.11. The van der Waals surface area contributed by atoms with Gasteiger partial charge in [0.15, 0.2) is 5.75 Å². The van der Waals surface area contributed by atoms with E-state index in [0.29, 0.717) is 6.54 Å². The predicted octanol–water partition coefficient (Wildman–Crippen LogP) is 2.87. The Balaban J connectivity index is 1.60. The van der Waals surface area contributed by atoms with Crippen LogP contribution < -0.4 is 15.0 Å². The van der Waals surface area contributed by atoms with Crippen molar-refractivity contribution >= 4 is 11.4 Å². The van der Waals surface area contributed by atoms with Gasteiger partial charge in [-0.1, -0.05) is 12.1 Å². The predicted molar refractivity (Wildman–Crippen MR) is 94.9 cm³/mol. The zero-order valence-electron chi connectivity index (χ0n) is 14.5. The Hall–Kier alpha value is -2.71. The van der Waals surface area contributed by atoms with E-state index in [4.69, 9.17) is 9.47 Å². The second-order valence-corrected chi connectivity index (χ2v) is 6.21. The van der Waals surface area contributed by atoms with E-state index < -0.39 is 10.7 Å². The highest BCUT2D eigenvalue weighted by atomic mass is 19.1. The van der Waals surface area contributed by atoms with Crippen LogP contribution in [0.25, 0.3) is 0 Å². The van der Waals surface area contributed by atoms with Crippen LogP contribution in [0, 0.1) is 15.9 Å². The number of anilines is 1. The Kier molecular flexibility index (Phi) is 5.34. The first kappa shape index (κ1) is 18.1. The first-order valence-electron chi connectivity index (χ1n) is 8.17. The van der Waals surface area contributed by atoms with Crippen LogP contribution in [0.5, 0.6) is 5.75 Å². The summed E-state index contributed by atoms with van der Waals surface area (Å²) in [5, 5.41) is 14.2. The first-order valence-corrected chi connectivity index (χ1v) is 8.17. The van der Waals surface area contributed by atoms with Crippen LogP contribution in [0.1, 0.15) is 11.8 Å². The van der Waals surface area contributed by atoms with Gasteiger partial charge < -0.3 is 14.4 Å². The number of benzene rings is 2. The van der Waals surface area contributed by atoms with Gasteiger partial charge in [0.25, 0.3) is 0 Å². The van der Waals surface area contributed by atoms with Gasteiger partial charge in [0.05, 0.1) is 4.92 Å². The molecule has 2 aromatic carbocycles. The molecule has 1 saturated heterocycles. The number of nitro benzene ring substituents is 1. The highest BCUT2D eigenvalue weighted by molar-refractivity contribution is 5.47. The molecule has 1 heterocycles. The van der Waals surface area contributed by atoms with E-state index in [0.717, 1.165) is 29.4 Å². The number of nitro groups is 1. The maximum Gasteiger partial charge on any atom is 0.311 e. The molecular formula is C18H20FN3O4. The minimum atomic E-state index is -0.600. The van der Waals surface area contributed by atoms with Crippen molar-refractivity contribution in [1.29, 1.82) is 0 Å². The summed E-state index contributed by atoms with van der Waals surface area (Å²) in [6, 6.07) is 11.1. The van der Waals surface area contributed by atoms with Crippen molar-refractivity contribution in [2.24, 2.45) is 0 Å². The Morgan fingerprint density at radius 3 is 2.69 bits per heavy atom. The molecule has 1 fully saturated rings. The molecule has 26 heavy (non-hydrogen) atoms. The number of nitrogens with one attached hydrogen (secondary N) is 1. The largest absolute Gasteiger partial charge is 0.484 e. The molecule has 0 aromatic heterocycles. The fourth-order valence-electron chi connectivity index (χ4n) is 2.71. The monoisotopic (exact) mass is 361 g/mol. The van der Waals surface area contributed by atoms with Crippen molar-refractivity contribution in [2.45, 2.75) is 12.3 Å². The Morgan fingerprint density at radius 2 is 2.04 bits per heavy atom. The third kappa shape index (κ3) is 4.09. The molecule has 0 spiro atoms. The van der Waals surface area contributed by atoms with E-state index in [1.807, 2.05) is 43.3 Å². The zero-order chi connectivity index (χ0) is 18.7. The van der Waals surface area contributed by atoms with Crippen molar-refractivity contribution in [3.05, 3.63) is 64.0 Å². The number of ether oxygens (including phenoxy) is 2. The van der Waals surface area contributed by atoms with Crippen molar-refractivity contribution < 1.29 is 18.8 Å². The molecule has 2 atom stereocenters. The normalized spacial score (nSPS) is 19.3. The first-order chi connectivity index (χ1) is 12.4. The lowest BCUT2D eigenvalue weighted by Gasteiger charge is -2.16. The lowest BCUT2D eigenvalue weighted by molar-refractivity contribution is -0.386. The van der Waals surface area contributed by atoms with Gasteiger partial charge in [0, 0.05) is 38.5 Å². The Morgan fingerprint density at radius 1 is 1.31 bits per heavy atom. The SMILES string of the molecule is CN(C)c1ccc([C@@H]2NC[C@@H](COc3cc(F)ccc3[N+](=O)[O-])O2)cc1. The molecule has 2 aromatic rings. The van der Waals surface area contributed by atoms with E-state index in [1.54, 1.807) is 0 Å². The standard InChI is InChI=1S/C18H20FN3O4/c1-21(2)14-6-3-12(4-7-14)18-20-10-15(26-18)11-25-17-9-13(19)5-8-16(17)22(23)24/h3-9,15,18,20H,10-11H2,1-2H3/t15-,18+/m0/s1. The lowest BCUT2D eigenvalue weighted by Crippen LogP contribution is -2.22. The quantitative estimate of drug-likeness (QED) is 0.630. The summed E-state index contributed by atoms with van der Waals surface area (Å²) >= 11 is 0. The summed E-state index contributed by atoms with van der Waals surface area (Å²) in [6.45, 7) is 0.618. The maximum atomic E-state index is 13.3. The zero-order valence-corrected chi connectivity index (χ0v) is 14.5. The topological polar surface area (TPSA) is 76.9 Å². The van der Waals surface area contributed by atoms with Gasteiger partial charge in [-0.25, -0.2) is 4.39 Å². The fourth-order valence-corrected chi connectivity index (χ4v) is 2.71. The molecule has 0 saturated carbocycles. The third-order valence-electron chi connectivity index (χ3n) is 4.11. The molecule has 0 amide bonds.